The predicted octanol–water partition coefficient (Wildman–Crippen LogP) is 4.03. The van der Waals surface area contributed by atoms with Crippen LogP contribution in [0.5, 0.6) is 0 Å². The lowest BCUT2D eigenvalue weighted by atomic mass is 9.77. The fourth-order valence-corrected chi connectivity index (χ4v) is 4.95. The number of nitrogens with one attached hydrogen (secondary N) is 2. The third-order valence-corrected chi connectivity index (χ3v) is 7.11. The number of aromatic nitrogens is 3. The van der Waals surface area contributed by atoms with Gasteiger partial charge in [-0.1, -0.05) is 32.9 Å². The molecule has 0 aliphatic carbocycles. The van der Waals surface area contributed by atoms with Crippen LogP contribution in [0, 0.1) is 5.92 Å². The molecule has 10 nitrogen and oxygen atoms in total. The van der Waals surface area contributed by atoms with Crippen LogP contribution < -0.4 is 10.9 Å². The highest BCUT2D eigenvalue weighted by atomic mass is 16.6. The maximum Gasteiger partial charge on any atom is 0.410 e. The van der Waals surface area contributed by atoms with Gasteiger partial charge in [0.2, 0.25) is 5.91 Å². The Morgan fingerprint density at radius 3 is 2.31 bits per heavy atom. The van der Waals surface area contributed by atoms with Crippen molar-refractivity contribution in [3.63, 3.8) is 0 Å². The molecular weight excluding hydrogens is 496 g/mol. The minimum absolute atomic E-state index is 0.266. The van der Waals surface area contributed by atoms with Gasteiger partial charge in [0.15, 0.2) is 5.65 Å². The van der Waals surface area contributed by atoms with Gasteiger partial charge in [0.1, 0.15) is 5.60 Å². The van der Waals surface area contributed by atoms with E-state index in [1.54, 1.807) is 23.2 Å². The molecule has 0 unspecified atom stereocenters. The van der Waals surface area contributed by atoms with Crippen LogP contribution in [0.25, 0.3) is 5.65 Å². The number of nitrogens with zero attached hydrogens (tertiary/aromatic N) is 4. The zero-order chi connectivity index (χ0) is 28.4. The summed E-state index contributed by atoms with van der Waals surface area (Å²) in [5.74, 6) is -0.956. The molecule has 3 amide bonds. The number of amides is 3. The Labute approximate surface area is 229 Å². The van der Waals surface area contributed by atoms with E-state index in [1.807, 2.05) is 49.7 Å². The number of likely N-dealkylation sites (tertiary alicyclic amines) is 1. The van der Waals surface area contributed by atoms with E-state index in [-0.39, 0.29) is 17.9 Å². The van der Waals surface area contributed by atoms with E-state index in [9.17, 15) is 14.4 Å². The van der Waals surface area contributed by atoms with Gasteiger partial charge in [-0.2, -0.15) is 5.10 Å². The average molecular weight is 535 g/mol. The summed E-state index contributed by atoms with van der Waals surface area (Å²) in [6.45, 7) is 12.7. The van der Waals surface area contributed by atoms with Gasteiger partial charge >= 0.3 is 6.09 Å². The van der Waals surface area contributed by atoms with E-state index in [4.69, 9.17) is 9.84 Å². The average Bonchev–Trinajstić information content (AvgIpc) is 3.30. The molecule has 10 heteroatoms. The molecule has 1 fully saturated rings. The van der Waals surface area contributed by atoms with Crippen molar-refractivity contribution < 1.29 is 19.1 Å². The molecule has 4 rings (SSSR count). The predicted molar refractivity (Wildman–Crippen MR) is 147 cm³/mol. The fraction of sp³-hybridized carbons (Fsp3) is 0.483. The summed E-state index contributed by atoms with van der Waals surface area (Å²) in [5, 5.41) is 4.70. The number of carbonyl (C=O) groups is 3. The van der Waals surface area contributed by atoms with Gasteiger partial charge in [0.05, 0.1) is 5.69 Å². The third kappa shape index (κ3) is 6.21. The number of benzene rings is 1. The number of ether oxygens (including phenoxy) is 1. The lowest BCUT2D eigenvalue weighted by molar-refractivity contribution is -0.127. The highest BCUT2D eigenvalue weighted by Crippen LogP contribution is 2.36. The zero-order valence-electron chi connectivity index (χ0n) is 23.6. The molecule has 3 aromatic rings. The van der Waals surface area contributed by atoms with Crippen molar-refractivity contribution in [2.75, 3.05) is 13.1 Å². The number of hydrazine groups is 1. The minimum Gasteiger partial charge on any atom is -0.444 e. The van der Waals surface area contributed by atoms with Crippen molar-refractivity contribution in [3.05, 3.63) is 65.1 Å². The van der Waals surface area contributed by atoms with Crippen LogP contribution in [-0.2, 0) is 21.4 Å². The first-order valence-electron chi connectivity index (χ1n) is 13.4. The Kier molecular flexibility index (Phi) is 7.94. The van der Waals surface area contributed by atoms with Crippen LogP contribution in [-0.4, -0.2) is 56.1 Å². The number of aryl methyl sites for hydroxylation is 1. The van der Waals surface area contributed by atoms with Crippen molar-refractivity contribution in [3.8, 4) is 0 Å². The molecule has 0 spiro atoms. The largest absolute Gasteiger partial charge is 0.444 e. The summed E-state index contributed by atoms with van der Waals surface area (Å²) in [7, 11) is 0. The van der Waals surface area contributed by atoms with Gasteiger partial charge < -0.3 is 9.64 Å². The van der Waals surface area contributed by atoms with Crippen molar-refractivity contribution in [2.24, 2.45) is 5.92 Å². The molecule has 0 saturated carbocycles. The molecule has 3 heterocycles. The molecule has 208 valence electrons. The molecule has 1 aliphatic rings. The molecule has 0 atom stereocenters. The Hall–Kier alpha value is -3.95. The van der Waals surface area contributed by atoms with Gasteiger partial charge in [-0.15, -0.1) is 0 Å². The Morgan fingerprint density at radius 2 is 1.69 bits per heavy atom. The van der Waals surface area contributed by atoms with Crippen LogP contribution in [0.3, 0.4) is 0 Å². The summed E-state index contributed by atoms with van der Waals surface area (Å²) < 4.78 is 7.21. The first kappa shape index (κ1) is 28.1. The Bertz CT molecular complexity index is 1350. The monoisotopic (exact) mass is 534 g/mol. The van der Waals surface area contributed by atoms with E-state index < -0.39 is 16.9 Å². The molecule has 0 bridgehead atoms. The van der Waals surface area contributed by atoms with Crippen LogP contribution >= 0.6 is 0 Å². The number of fused-ring (bicyclic) bond motifs is 1. The van der Waals surface area contributed by atoms with E-state index in [0.29, 0.717) is 31.5 Å². The lowest BCUT2D eigenvalue weighted by Gasteiger charge is -2.32. The van der Waals surface area contributed by atoms with Gasteiger partial charge in [-0.3, -0.25) is 20.4 Å². The molecule has 1 saturated heterocycles. The number of carbonyl (C=O) groups excluding carboxylic acids is 3. The van der Waals surface area contributed by atoms with Crippen molar-refractivity contribution >= 4 is 23.6 Å². The van der Waals surface area contributed by atoms with Crippen molar-refractivity contribution in [1.82, 2.24) is 30.3 Å². The SMILES string of the molecule is CCc1nn2cccnc2c1C(C)(C)c1ccc(C(=O)NNC(=O)C2CCN(C(=O)OC(C)(C)C)CC2)cc1. The molecule has 39 heavy (non-hydrogen) atoms. The van der Waals surface area contributed by atoms with Crippen molar-refractivity contribution in [2.45, 2.75) is 71.8 Å². The van der Waals surface area contributed by atoms with Crippen LogP contribution in [0.4, 0.5) is 4.79 Å². The summed E-state index contributed by atoms with van der Waals surface area (Å²) in [5.41, 5.74) is 8.44. The Morgan fingerprint density at radius 1 is 1.03 bits per heavy atom. The van der Waals surface area contributed by atoms with Gasteiger partial charge in [0, 0.05) is 47.9 Å². The topological polar surface area (TPSA) is 118 Å². The van der Waals surface area contributed by atoms with Gasteiger partial charge in [0.25, 0.3) is 5.91 Å². The van der Waals surface area contributed by atoms with Crippen LogP contribution in [0.1, 0.15) is 81.6 Å². The second kappa shape index (κ2) is 11.0. The van der Waals surface area contributed by atoms with Crippen molar-refractivity contribution in [1.29, 1.82) is 0 Å². The van der Waals surface area contributed by atoms with Gasteiger partial charge in [-0.25, -0.2) is 14.3 Å². The second-order valence-corrected chi connectivity index (χ2v) is 11.5. The van der Waals surface area contributed by atoms with Crippen LogP contribution in [0.15, 0.2) is 42.7 Å². The van der Waals surface area contributed by atoms with E-state index in [0.717, 1.165) is 28.9 Å². The Balaban J connectivity index is 1.35. The summed E-state index contributed by atoms with van der Waals surface area (Å²) >= 11 is 0. The second-order valence-electron chi connectivity index (χ2n) is 11.5. The molecule has 2 N–H and O–H groups in total. The molecular formula is C29H38N6O4. The van der Waals surface area contributed by atoms with E-state index in [2.05, 4.69) is 36.6 Å². The fourth-order valence-electron chi connectivity index (χ4n) is 4.95. The summed E-state index contributed by atoms with van der Waals surface area (Å²) in [6, 6.07) is 9.21. The minimum atomic E-state index is -0.562. The molecule has 1 aromatic carbocycles. The van der Waals surface area contributed by atoms with E-state index in [1.165, 1.54) is 0 Å². The highest BCUT2D eigenvalue weighted by molar-refractivity contribution is 5.95. The smallest absolute Gasteiger partial charge is 0.410 e. The van der Waals surface area contributed by atoms with Crippen LogP contribution in [0.2, 0.25) is 0 Å². The maximum atomic E-state index is 12.8. The summed E-state index contributed by atoms with van der Waals surface area (Å²) in [6.07, 6.45) is 5.08. The molecule has 2 aromatic heterocycles. The third-order valence-electron chi connectivity index (χ3n) is 7.11. The quantitative estimate of drug-likeness (QED) is 0.478. The van der Waals surface area contributed by atoms with Gasteiger partial charge in [-0.05, 0) is 63.8 Å². The number of hydrogen-bond donors (Lipinski definition) is 2. The number of hydrogen-bond acceptors (Lipinski definition) is 6. The maximum absolute atomic E-state index is 12.8. The normalized spacial score (nSPS) is 14.8. The molecule has 1 aliphatic heterocycles. The lowest BCUT2D eigenvalue weighted by Crippen LogP contribution is -2.48. The number of rotatable bonds is 5. The summed E-state index contributed by atoms with van der Waals surface area (Å²) in [4.78, 5) is 43.8. The molecule has 0 radical (unpaired) electrons. The zero-order valence-corrected chi connectivity index (χ0v) is 23.6. The highest BCUT2D eigenvalue weighted by Gasteiger charge is 2.32. The first-order valence-corrected chi connectivity index (χ1v) is 13.4. The van der Waals surface area contributed by atoms with E-state index >= 15 is 0 Å². The standard InChI is InChI=1S/C29H38N6O4/c1-7-22-23(24-30-15-8-16-35(24)33-22)29(5,6)21-11-9-19(10-12-21)25(36)31-32-26(37)20-13-17-34(18-14-20)27(38)39-28(2,3)4/h8-12,15-16,20H,7,13-14,17-18H2,1-6H3,(H,31,36)(H,32,37). The first-order chi connectivity index (χ1) is 18.4. The number of piperidine rings is 1.